The fraction of sp³-hybridized carbons (Fsp3) is 0.833. The summed E-state index contributed by atoms with van der Waals surface area (Å²) < 4.78 is 0. The van der Waals surface area contributed by atoms with Gasteiger partial charge in [-0.1, -0.05) is 12.1 Å². The lowest BCUT2D eigenvalue weighted by Gasteiger charge is -2.37. The fourth-order valence-corrected chi connectivity index (χ4v) is 2.51. The van der Waals surface area contributed by atoms with Crippen LogP contribution in [0, 0.1) is 0 Å². The smallest absolute Gasteiger partial charge is 0.222 e. The highest BCUT2D eigenvalue weighted by atomic mass is 16.7. The fourth-order valence-electron chi connectivity index (χ4n) is 2.51. The van der Waals surface area contributed by atoms with Crippen LogP contribution in [0.4, 0.5) is 0 Å². The van der Waals surface area contributed by atoms with E-state index in [2.05, 4.69) is 5.16 Å². The second-order valence-electron chi connectivity index (χ2n) is 4.91. The van der Waals surface area contributed by atoms with E-state index in [1.165, 1.54) is 0 Å². The van der Waals surface area contributed by atoms with E-state index in [-0.39, 0.29) is 11.5 Å². The SMILES string of the molecule is CCCC(=O)N1CCC2(CC1)CC(C)=NO2. The van der Waals surface area contributed by atoms with E-state index >= 15 is 0 Å². The van der Waals surface area contributed by atoms with Gasteiger partial charge in [0.25, 0.3) is 0 Å². The molecule has 1 fully saturated rings. The van der Waals surface area contributed by atoms with Crippen LogP contribution in [0.1, 0.15) is 46.0 Å². The summed E-state index contributed by atoms with van der Waals surface area (Å²) in [5.41, 5.74) is 0.987. The molecule has 4 nitrogen and oxygen atoms in total. The summed E-state index contributed by atoms with van der Waals surface area (Å²) in [5, 5.41) is 4.03. The van der Waals surface area contributed by atoms with Crippen LogP contribution < -0.4 is 0 Å². The van der Waals surface area contributed by atoms with E-state index in [1.807, 2.05) is 18.7 Å². The molecule has 2 aliphatic heterocycles. The van der Waals surface area contributed by atoms with Crippen LogP contribution in [0.3, 0.4) is 0 Å². The van der Waals surface area contributed by atoms with Crippen molar-refractivity contribution >= 4 is 11.6 Å². The van der Waals surface area contributed by atoms with E-state index in [9.17, 15) is 4.79 Å². The second kappa shape index (κ2) is 4.44. The maximum absolute atomic E-state index is 11.7. The van der Waals surface area contributed by atoms with Gasteiger partial charge in [-0.3, -0.25) is 4.79 Å². The highest BCUT2D eigenvalue weighted by Crippen LogP contribution is 2.34. The third kappa shape index (κ3) is 2.20. The van der Waals surface area contributed by atoms with Gasteiger partial charge in [0.2, 0.25) is 5.91 Å². The zero-order valence-electron chi connectivity index (χ0n) is 10.2. The summed E-state index contributed by atoms with van der Waals surface area (Å²) in [7, 11) is 0. The number of oxime groups is 1. The molecule has 0 radical (unpaired) electrons. The number of hydrogen-bond donors (Lipinski definition) is 0. The van der Waals surface area contributed by atoms with Crippen LogP contribution in [0.2, 0.25) is 0 Å². The first-order valence-electron chi connectivity index (χ1n) is 6.15. The van der Waals surface area contributed by atoms with Crippen molar-refractivity contribution in [2.24, 2.45) is 5.16 Å². The Labute approximate surface area is 96.6 Å². The quantitative estimate of drug-likeness (QED) is 0.719. The third-order valence-electron chi connectivity index (χ3n) is 3.46. The first-order valence-corrected chi connectivity index (χ1v) is 6.15. The summed E-state index contributed by atoms with van der Waals surface area (Å²) in [6, 6.07) is 0. The molecule has 0 unspecified atom stereocenters. The maximum Gasteiger partial charge on any atom is 0.222 e. The summed E-state index contributed by atoms with van der Waals surface area (Å²) >= 11 is 0. The predicted molar refractivity (Wildman–Crippen MR) is 62.3 cm³/mol. The third-order valence-corrected chi connectivity index (χ3v) is 3.46. The lowest BCUT2D eigenvalue weighted by Crippen LogP contribution is -2.46. The first-order chi connectivity index (χ1) is 7.65. The standard InChI is InChI=1S/C12H20N2O2/c1-3-4-11(15)14-7-5-12(6-8-14)9-10(2)13-16-12/h3-9H2,1-2H3. The molecule has 0 aromatic carbocycles. The van der Waals surface area contributed by atoms with E-state index in [0.29, 0.717) is 6.42 Å². The molecule has 1 spiro atoms. The van der Waals surface area contributed by atoms with Crippen LogP contribution in [-0.2, 0) is 9.63 Å². The van der Waals surface area contributed by atoms with E-state index in [1.54, 1.807) is 0 Å². The minimum Gasteiger partial charge on any atom is -0.389 e. The van der Waals surface area contributed by atoms with Gasteiger partial charge in [-0.2, -0.15) is 0 Å². The van der Waals surface area contributed by atoms with Gasteiger partial charge in [-0.05, 0) is 13.3 Å². The average Bonchev–Trinajstić information content (AvgIpc) is 2.61. The Kier molecular flexibility index (Phi) is 3.17. The Morgan fingerprint density at radius 1 is 1.50 bits per heavy atom. The molecule has 0 aliphatic carbocycles. The molecule has 0 N–H and O–H groups in total. The Morgan fingerprint density at radius 3 is 2.69 bits per heavy atom. The van der Waals surface area contributed by atoms with Crippen LogP contribution >= 0.6 is 0 Å². The largest absolute Gasteiger partial charge is 0.389 e. The summed E-state index contributed by atoms with van der Waals surface area (Å²) in [5.74, 6) is 0.285. The van der Waals surface area contributed by atoms with Crippen molar-refractivity contribution in [1.82, 2.24) is 4.90 Å². The minimum absolute atomic E-state index is 0.0902. The molecule has 16 heavy (non-hydrogen) atoms. The average molecular weight is 224 g/mol. The number of nitrogens with zero attached hydrogens (tertiary/aromatic N) is 2. The molecule has 0 saturated carbocycles. The summed E-state index contributed by atoms with van der Waals surface area (Å²) in [6.45, 7) is 5.69. The molecule has 2 aliphatic rings. The lowest BCUT2D eigenvalue weighted by molar-refractivity contribution is -0.136. The number of carbonyl (C=O) groups is 1. The second-order valence-corrected chi connectivity index (χ2v) is 4.91. The molecule has 90 valence electrons. The lowest BCUT2D eigenvalue weighted by atomic mass is 9.87. The number of piperidine rings is 1. The van der Waals surface area contributed by atoms with Gasteiger partial charge >= 0.3 is 0 Å². The molecular weight excluding hydrogens is 204 g/mol. The van der Waals surface area contributed by atoms with E-state index in [0.717, 1.165) is 44.5 Å². The molecular formula is C12H20N2O2. The number of rotatable bonds is 2. The highest BCUT2D eigenvalue weighted by Gasteiger charge is 2.41. The Balaban J connectivity index is 1.85. The van der Waals surface area contributed by atoms with Crippen molar-refractivity contribution in [2.45, 2.75) is 51.6 Å². The van der Waals surface area contributed by atoms with Crippen molar-refractivity contribution in [2.75, 3.05) is 13.1 Å². The molecule has 2 rings (SSSR count). The molecule has 1 saturated heterocycles. The van der Waals surface area contributed by atoms with Crippen molar-refractivity contribution in [3.05, 3.63) is 0 Å². The number of hydrogen-bond acceptors (Lipinski definition) is 3. The van der Waals surface area contributed by atoms with Crippen molar-refractivity contribution in [3.63, 3.8) is 0 Å². The molecule has 0 aromatic rings. The molecule has 0 aromatic heterocycles. The normalized spacial score (nSPS) is 23.1. The Hall–Kier alpha value is -1.06. The molecule has 4 heteroatoms. The van der Waals surface area contributed by atoms with Gasteiger partial charge in [-0.15, -0.1) is 0 Å². The minimum atomic E-state index is -0.0902. The van der Waals surface area contributed by atoms with Crippen LogP contribution in [-0.4, -0.2) is 35.2 Å². The van der Waals surface area contributed by atoms with Gasteiger partial charge in [0.05, 0.1) is 5.71 Å². The van der Waals surface area contributed by atoms with Crippen LogP contribution in [0.5, 0.6) is 0 Å². The Bertz CT molecular complexity index is 304. The van der Waals surface area contributed by atoms with Crippen LogP contribution in [0.15, 0.2) is 5.16 Å². The molecule has 0 atom stereocenters. The van der Waals surface area contributed by atoms with Crippen molar-refractivity contribution in [1.29, 1.82) is 0 Å². The summed E-state index contributed by atoms with van der Waals surface area (Å²) in [6.07, 6.45) is 4.37. The zero-order chi connectivity index (χ0) is 11.6. The maximum atomic E-state index is 11.7. The highest BCUT2D eigenvalue weighted by molar-refractivity contribution is 5.83. The molecule has 0 bridgehead atoms. The predicted octanol–water partition coefficient (Wildman–Crippen LogP) is 1.94. The van der Waals surface area contributed by atoms with Gasteiger partial charge < -0.3 is 9.74 Å². The van der Waals surface area contributed by atoms with Gasteiger partial charge in [0.15, 0.2) is 0 Å². The molecule has 2 heterocycles. The number of likely N-dealkylation sites (tertiary alicyclic amines) is 1. The Morgan fingerprint density at radius 2 is 2.19 bits per heavy atom. The van der Waals surface area contributed by atoms with Gasteiger partial charge in [0, 0.05) is 38.8 Å². The van der Waals surface area contributed by atoms with Gasteiger partial charge in [-0.25, -0.2) is 0 Å². The van der Waals surface area contributed by atoms with Crippen LogP contribution in [0.25, 0.3) is 0 Å². The number of carbonyl (C=O) groups excluding carboxylic acids is 1. The zero-order valence-corrected chi connectivity index (χ0v) is 10.2. The van der Waals surface area contributed by atoms with Crippen molar-refractivity contribution < 1.29 is 9.63 Å². The van der Waals surface area contributed by atoms with Crippen molar-refractivity contribution in [3.8, 4) is 0 Å². The first kappa shape index (κ1) is 11.4. The van der Waals surface area contributed by atoms with Gasteiger partial charge in [0.1, 0.15) is 5.60 Å². The number of amides is 1. The molecule has 1 amide bonds. The van der Waals surface area contributed by atoms with E-state index < -0.39 is 0 Å². The monoisotopic (exact) mass is 224 g/mol. The summed E-state index contributed by atoms with van der Waals surface area (Å²) in [4.78, 5) is 19.2. The van der Waals surface area contributed by atoms with E-state index in [4.69, 9.17) is 4.84 Å². The topological polar surface area (TPSA) is 41.9 Å².